The number of carbonyl (C=O) groups is 1. The van der Waals surface area contributed by atoms with Crippen molar-refractivity contribution in [2.45, 2.75) is 26.4 Å². The first kappa shape index (κ1) is 16.1. The van der Waals surface area contributed by atoms with Gasteiger partial charge in [0.2, 0.25) is 0 Å². The van der Waals surface area contributed by atoms with Gasteiger partial charge in [0, 0.05) is 28.3 Å². The molecule has 0 aliphatic rings. The van der Waals surface area contributed by atoms with Crippen LogP contribution in [0.25, 0.3) is 10.1 Å². The molecule has 1 aromatic carbocycles. The molecule has 1 amide bonds. The Morgan fingerprint density at radius 3 is 2.86 bits per heavy atom. The highest BCUT2D eigenvalue weighted by molar-refractivity contribution is 7.21. The molecule has 2 aromatic rings. The number of thiophene rings is 1. The van der Waals surface area contributed by atoms with Gasteiger partial charge in [-0.2, -0.15) is 0 Å². The van der Waals surface area contributed by atoms with Crippen molar-refractivity contribution < 1.29 is 9.53 Å². The summed E-state index contributed by atoms with van der Waals surface area (Å²) in [6.07, 6.45) is 0. The van der Waals surface area contributed by atoms with E-state index in [9.17, 15) is 4.79 Å². The second-order valence-corrected chi connectivity index (χ2v) is 6.85. The number of nitrogens with one attached hydrogen (secondary N) is 1. The van der Waals surface area contributed by atoms with Crippen molar-refractivity contribution in [2.24, 2.45) is 0 Å². The van der Waals surface area contributed by atoms with Gasteiger partial charge >= 0.3 is 0 Å². The highest BCUT2D eigenvalue weighted by Crippen LogP contribution is 2.35. The largest absolute Gasteiger partial charge is 0.397 e. The number of benzene rings is 1. The van der Waals surface area contributed by atoms with Crippen LogP contribution in [0.1, 0.15) is 30.4 Å². The van der Waals surface area contributed by atoms with Crippen LogP contribution in [-0.2, 0) is 4.74 Å². The molecule has 0 saturated heterocycles. The second-order valence-electron chi connectivity index (χ2n) is 5.36. The van der Waals surface area contributed by atoms with Crippen molar-refractivity contribution in [3.63, 3.8) is 0 Å². The van der Waals surface area contributed by atoms with E-state index >= 15 is 0 Å². The first-order valence-corrected chi connectivity index (χ1v) is 7.93. The molecule has 0 spiro atoms. The molecule has 0 unspecified atom stereocenters. The molecule has 2 rings (SSSR count). The van der Waals surface area contributed by atoms with E-state index in [1.165, 1.54) is 11.3 Å². The van der Waals surface area contributed by atoms with Gasteiger partial charge in [-0.05, 0) is 39.0 Å². The standard InChI is InChI=1S/C15H19ClN2O2S/c1-4-20-15(2,3)8-18-14(19)13-12(17)10-7-9(16)5-6-11(10)21-13/h5-7H,4,8,17H2,1-3H3,(H,18,19). The Bertz CT molecular complexity index is 667. The number of anilines is 1. The molecular formula is C15H19ClN2O2S. The summed E-state index contributed by atoms with van der Waals surface area (Å²) in [7, 11) is 0. The molecule has 0 saturated carbocycles. The van der Waals surface area contributed by atoms with Crippen LogP contribution in [-0.4, -0.2) is 24.7 Å². The van der Waals surface area contributed by atoms with Gasteiger partial charge < -0.3 is 15.8 Å². The number of hydrogen-bond donors (Lipinski definition) is 2. The van der Waals surface area contributed by atoms with Crippen molar-refractivity contribution in [3.8, 4) is 0 Å². The SMILES string of the molecule is CCOC(C)(C)CNC(=O)c1sc2ccc(Cl)cc2c1N. The van der Waals surface area contributed by atoms with E-state index in [1.54, 1.807) is 12.1 Å². The van der Waals surface area contributed by atoms with E-state index in [0.717, 1.165) is 10.1 Å². The summed E-state index contributed by atoms with van der Waals surface area (Å²) in [5.41, 5.74) is 6.14. The van der Waals surface area contributed by atoms with E-state index in [-0.39, 0.29) is 5.91 Å². The number of amides is 1. The summed E-state index contributed by atoms with van der Waals surface area (Å²) in [5, 5.41) is 4.30. The van der Waals surface area contributed by atoms with Gasteiger partial charge in [0.25, 0.3) is 5.91 Å². The summed E-state index contributed by atoms with van der Waals surface area (Å²) in [5.74, 6) is -0.183. The predicted molar refractivity (Wildman–Crippen MR) is 89.3 cm³/mol. The Morgan fingerprint density at radius 2 is 2.19 bits per heavy atom. The van der Waals surface area contributed by atoms with Crippen molar-refractivity contribution in [1.29, 1.82) is 0 Å². The topological polar surface area (TPSA) is 64.3 Å². The van der Waals surface area contributed by atoms with E-state index in [0.29, 0.717) is 28.7 Å². The highest BCUT2D eigenvalue weighted by atomic mass is 35.5. The number of ether oxygens (including phenoxy) is 1. The molecule has 1 heterocycles. The maximum Gasteiger partial charge on any atom is 0.263 e. The fourth-order valence-electron chi connectivity index (χ4n) is 2.07. The Hall–Kier alpha value is -1.30. The third kappa shape index (κ3) is 3.67. The molecule has 4 nitrogen and oxygen atoms in total. The first-order chi connectivity index (χ1) is 9.84. The molecule has 3 N–H and O–H groups in total. The van der Waals surface area contributed by atoms with Crippen molar-refractivity contribution in [1.82, 2.24) is 5.32 Å². The van der Waals surface area contributed by atoms with Gasteiger partial charge in [-0.15, -0.1) is 11.3 Å². The summed E-state index contributed by atoms with van der Waals surface area (Å²) < 4.78 is 6.51. The molecule has 0 fully saturated rings. The smallest absolute Gasteiger partial charge is 0.263 e. The van der Waals surface area contributed by atoms with Crippen molar-refractivity contribution in [3.05, 3.63) is 28.1 Å². The monoisotopic (exact) mass is 326 g/mol. The number of fused-ring (bicyclic) bond motifs is 1. The lowest BCUT2D eigenvalue weighted by Crippen LogP contribution is -2.40. The number of rotatable bonds is 5. The lowest BCUT2D eigenvalue weighted by Gasteiger charge is -2.24. The summed E-state index contributed by atoms with van der Waals surface area (Å²) in [6.45, 7) is 6.83. The van der Waals surface area contributed by atoms with E-state index in [4.69, 9.17) is 22.1 Å². The fourth-order valence-corrected chi connectivity index (χ4v) is 3.26. The van der Waals surface area contributed by atoms with Gasteiger partial charge in [-0.3, -0.25) is 4.79 Å². The minimum Gasteiger partial charge on any atom is -0.397 e. The predicted octanol–water partition coefficient (Wildman–Crippen LogP) is 3.68. The fraction of sp³-hybridized carbons (Fsp3) is 0.400. The maximum absolute atomic E-state index is 12.3. The van der Waals surface area contributed by atoms with E-state index in [1.807, 2.05) is 26.8 Å². The van der Waals surface area contributed by atoms with Gasteiger partial charge in [0.1, 0.15) is 4.88 Å². The number of halogens is 1. The number of hydrogen-bond acceptors (Lipinski definition) is 4. The zero-order valence-corrected chi connectivity index (χ0v) is 13.9. The molecule has 0 aliphatic carbocycles. The molecule has 114 valence electrons. The molecular weight excluding hydrogens is 308 g/mol. The summed E-state index contributed by atoms with van der Waals surface area (Å²) >= 11 is 7.34. The zero-order valence-electron chi connectivity index (χ0n) is 12.3. The third-order valence-corrected chi connectivity index (χ3v) is 4.52. The Morgan fingerprint density at radius 1 is 1.48 bits per heavy atom. The maximum atomic E-state index is 12.3. The molecule has 21 heavy (non-hydrogen) atoms. The van der Waals surface area contributed by atoms with Gasteiger partial charge in [-0.1, -0.05) is 11.6 Å². The van der Waals surface area contributed by atoms with Gasteiger partial charge in [-0.25, -0.2) is 0 Å². The van der Waals surface area contributed by atoms with Crippen LogP contribution in [0.3, 0.4) is 0 Å². The summed E-state index contributed by atoms with van der Waals surface area (Å²) in [4.78, 5) is 12.8. The quantitative estimate of drug-likeness (QED) is 0.880. The average molecular weight is 327 g/mol. The Labute approximate surface area is 133 Å². The van der Waals surface area contributed by atoms with Crippen LogP contribution in [0.4, 0.5) is 5.69 Å². The van der Waals surface area contributed by atoms with Crippen LogP contribution in [0.2, 0.25) is 5.02 Å². The Kier molecular flexibility index (Phi) is 4.76. The first-order valence-electron chi connectivity index (χ1n) is 6.74. The summed E-state index contributed by atoms with van der Waals surface area (Å²) in [6, 6.07) is 5.45. The number of nitrogen functional groups attached to an aromatic ring is 1. The van der Waals surface area contributed by atoms with Crippen molar-refractivity contribution in [2.75, 3.05) is 18.9 Å². The molecule has 1 aromatic heterocycles. The number of carbonyl (C=O) groups excluding carboxylic acids is 1. The van der Waals surface area contributed by atoms with Gasteiger partial charge in [0.05, 0.1) is 11.3 Å². The highest BCUT2D eigenvalue weighted by Gasteiger charge is 2.21. The van der Waals surface area contributed by atoms with Crippen LogP contribution in [0, 0.1) is 0 Å². The molecule has 0 atom stereocenters. The second kappa shape index (κ2) is 6.22. The van der Waals surface area contributed by atoms with E-state index in [2.05, 4.69) is 5.32 Å². The van der Waals surface area contributed by atoms with Crippen LogP contribution >= 0.6 is 22.9 Å². The van der Waals surface area contributed by atoms with Crippen LogP contribution in [0.15, 0.2) is 18.2 Å². The lowest BCUT2D eigenvalue weighted by atomic mass is 10.1. The number of nitrogens with two attached hydrogens (primary N) is 1. The molecule has 6 heteroatoms. The lowest BCUT2D eigenvalue weighted by molar-refractivity contribution is -0.00812. The average Bonchev–Trinajstić information content (AvgIpc) is 2.73. The van der Waals surface area contributed by atoms with E-state index < -0.39 is 5.60 Å². The minimum absolute atomic E-state index is 0.183. The Balaban J connectivity index is 2.18. The zero-order chi connectivity index (χ0) is 15.6. The van der Waals surface area contributed by atoms with Crippen molar-refractivity contribution >= 4 is 44.6 Å². The van der Waals surface area contributed by atoms with Crippen LogP contribution < -0.4 is 11.1 Å². The normalized spacial score (nSPS) is 11.8. The molecule has 0 bridgehead atoms. The molecule has 0 aliphatic heterocycles. The van der Waals surface area contributed by atoms with Gasteiger partial charge in [0.15, 0.2) is 0 Å². The molecule has 0 radical (unpaired) electrons. The minimum atomic E-state index is -0.404. The third-order valence-electron chi connectivity index (χ3n) is 3.10. The van der Waals surface area contributed by atoms with Crippen LogP contribution in [0.5, 0.6) is 0 Å².